The fourth-order valence-corrected chi connectivity index (χ4v) is 6.49. The average Bonchev–Trinajstić information content (AvgIpc) is 3.31. The number of carbonyl (C=O) groups is 2. The maximum atomic E-state index is 13.9. The molecular formula is C37H55N3O3. The first kappa shape index (κ1) is 34.5. The third-order valence-corrected chi connectivity index (χ3v) is 8.97. The van der Waals surface area contributed by atoms with E-state index in [-0.39, 0.29) is 17.6 Å². The lowest BCUT2D eigenvalue weighted by Crippen LogP contribution is -2.35. The summed E-state index contributed by atoms with van der Waals surface area (Å²) in [6.45, 7) is 15.6. The molecule has 0 spiro atoms. The van der Waals surface area contributed by atoms with Crippen molar-refractivity contribution in [1.82, 2.24) is 9.80 Å². The third-order valence-electron chi connectivity index (χ3n) is 8.97. The minimum atomic E-state index is -0.00733. The normalized spacial score (nSPS) is 19.4. The first-order valence-corrected chi connectivity index (χ1v) is 16.7. The quantitative estimate of drug-likeness (QED) is 0.194. The number of ketones is 1. The third kappa shape index (κ3) is 8.78. The van der Waals surface area contributed by atoms with Crippen molar-refractivity contribution in [3.63, 3.8) is 0 Å². The Balaban J connectivity index is 0.00000121. The Kier molecular flexibility index (Phi) is 13.4. The van der Waals surface area contributed by atoms with Crippen LogP contribution in [0.4, 0.5) is 0 Å². The lowest BCUT2D eigenvalue weighted by Gasteiger charge is -2.29. The van der Waals surface area contributed by atoms with E-state index < -0.39 is 0 Å². The number of nitrogens with zero attached hydrogens (tertiary/aromatic N) is 3. The Morgan fingerprint density at radius 3 is 2.14 bits per heavy atom. The van der Waals surface area contributed by atoms with E-state index >= 15 is 0 Å². The Hall–Kier alpha value is -2.99. The minimum absolute atomic E-state index is 0.00733. The van der Waals surface area contributed by atoms with E-state index in [4.69, 9.17) is 4.74 Å². The van der Waals surface area contributed by atoms with Gasteiger partial charge < -0.3 is 14.5 Å². The number of benzene rings is 2. The summed E-state index contributed by atoms with van der Waals surface area (Å²) in [5.74, 6) is 1.38. The van der Waals surface area contributed by atoms with E-state index in [1.165, 1.54) is 11.1 Å². The van der Waals surface area contributed by atoms with Crippen LogP contribution in [-0.2, 0) is 17.6 Å². The highest BCUT2D eigenvalue weighted by atomic mass is 16.5. The van der Waals surface area contributed by atoms with Crippen molar-refractivity contribution in [3.8, 4) is 5.75 Å². The van der Waals surface area contributed by atoms with Crippen molar-refractivity contribution in [1.29, 1.82) is 0 Å². The molecule has 2 aromatic carbocycles. The molecule has 0 aromatic heterocycles. The van der Waals surface area contributed by atoms with Gasteiger partial charge in [-0.3, -0.25) is 14.6 Å². The number of carbonyl (C=O) groups excluding carboxylic acids is 2. The number of amides is 1. The number of fused-ring (bicyclic) bond motifs is 1. The molecule has 3 aliphatic rings. The largest absolute Gasteiger partial charge is 0.490 e. The zero-order valence-electron chi connectivity index (χ0n) is 28.1. The van der Waals surface area contributed by atoms with Crippen LogP contribution in [0.1, 0.15) is 104 Å². The topological polar surface area (TPSA) is 62.2 Å². The lowest BCUT2D eigenvalue weighted by atomic mass is 9.86. The van der Waals surface area contributed by atoms with Crippen LogP contribution in [0.15, 0.2) is 35.3 Å². The van der Waals surface area contributed by atoms with Crippen LogP contribution in [0.25, 0.3) is 0 Å². The molecule has 236 valence electrons. The van der Waals surface area contributed by atoms with Gasteiger partial charge in [-0.05, 0) is 106 Å². The molecule has 2 saturated heterocycles. The van der Waals surface area contributed by atoms with E-state index in [2.05, 4.69) is 48.1 Å². The molecular weight excluding hydrogens is 534 g/mol. The van der Waals surface area contributed by atoms with Gasteiger partial charge in [-0.1, -0.05) is 39.8 Å². The summed E-state index contributed by atoms with van der Waals surface area (Å²) in [6, 6.07) is 10.7. The number of hydrogen-bond acceptors (Lipinski definition) is 5. The predicted octanol–water partition coefficient (Wildman–Crippen LogP) is 7.25. The number of rotatable bonds is 7. The Labute approximate surface area is 260 Å². The van der Waals surface area contributed by atoms with Crippen LogP contribution >= 0.6 is 0 Å². The van der Waals surface area contributed by atoms with E-state index in [1.807, 2.05) is 45.6 Å². The molecule has 2 heterocycles. The van der Waals surface area contributed by atoms with Crippen LogP contribution in [0.3, 0.4) is 0 Å². The second kappa shape index (κ2) is 16.7. The zero-order chi connectivity index (χ0) is 31.5. The summed E-state index contributed by atoms with van der Waals surface area (Å²) in [4.78, 5) is 35.0. The number of aliphatic imine (C=N–C) groups is 1. The molecule has 2 aliphatic heterocycles. The maximum absolute atomic E-state index is 13.9. The van der Waals surface area contributed by atoms with Crippen LogP contribution < -0.4 is 4.74 Å². The van der Waals surface area contributed by atoms with Crippen molar-refractivity contribution in [2.24, 2.45) is 10.9 Å². The summed E-state index contributed by atoms with van der Waals surface area (Å²) in [5, 5.41) is 0. The first-order chi connectivity index (χ1) is 20.8. The van der Waals surface area contributed by atoms with Crippen molar-refractivity contribution < 1.29 is 14.3 Å². The Bertz CT molecular complexity index is 1260. The molecule has 1 unspecified atom stereocenters. The number of hydrogen-bond donors (Lipinski definition) is 0. The van der Waals surface area contributed by atoms with Crippen molar-refractivity contribution in [2.75, 3.05) is 40.3 Å². The van der Waals surface area contributed by atoms with Gasteiger partial charge in [-0.15, -0.1) is 0 Å². The molecule has 1 amide bonds. The summed E-state index contributed by atoms with van der Waals surface area (Å²) in [6.07, 6.45) is 7.47. The van der Waals surface area contributed by atoms with Gasteiger partial charge in [0, 0.05) is 50.1 Å². The van der Waals surface area contributed by atoms with Crippen LogP contribution in [-0.4, -0.2) is 73.6 Å². The second-order valence-corrected chi connectivity index (χ2v) is 11.8. The highest BCUT2D eigenvalue weighted by Crippen LogP contribution is 2.32. The summed E-state index contributed by atoms with van der Waals surface area (Å²) >= 11 is 0. The Morgan fingerprint density at radius 2 is 1.51 bits per heavy atom. The highest BCUT2D eigenvalue weighted by Gasteiger charge is 2.27. The second-order valence-electron chi connectivity index (χ2n) is 11.8. The molecule has 1 aliphatic carbocycles. The van der Waals surface area contributed by atoms with E-state index in [9.17, 15) is 9.59 Å². The van der Waals surface area contributed by atoms with Gasteiger partial charge in [-0.25, -0.2) is 0 Å². The molecule has 43 heavy (non-hydrogen) atoms. The Morgan fingerprint density at radius 1 is 0.860 bits per heavy atom. The van der Waals surface area contributed by atoms with Gasteiger partial charge in [-0.2, -0.15) is 0 Å². The maximum Gasteiger partial charge on any atom is 0.222 e. The number of piperidine rings is 1. The summed E-state index contributed by atoms with van der Waals surface area (Å²) in [7, 11) is 3.95. The molecule has 1 atom stereocenters. The molecule has 2 aromatic rings. The van der Waals surface area contributed by atoms with Gasteiger partial charge in [0.1, 0.15) is 11.9 Å². The average molecular weight is 590 g/mol. The van der Waals surface area contributed by atoms with E-state index in [0.717, 1.165) is 98.3 Å². The van der Waals surface area contributed by atoms with Crippen LogP contribution in [0, 0.1) is 19.8 Å². The SMILES string of the molecule is CC.CC.CN=C(CN1CCCC1=O)c1cc(C(=O)C2CCc3ccc(OC4CCN(C)CC4)cc3CC2)c(C)cc1C. The summed E-state index contributed by atoms with van der Waals surface area (Å²) in [5.41, 5.74) is 7.45. The summed E-state index contributed by atoms with van der Waals surface area (Å²) < 4.78 is 6.35. The van der Waals surface area contributed by atoms with Gasteiger partial charge in [0.05, 0.1) is 12.3 Å². The molecule has 6 nitrogen and oxygen atoms in total. The molecule has 0 bridgehead atoms. The highest BCUT2D eigenvalue weighted by molar-refractivity contribution is 6.07. The van der Waals surface area contributed by atoms with Crippen molar-refractivity contribution in [2.45, 2.75) is 99.0 Å². The van der Waals surface area contributed by atoms with Gasteiger partial charge >= 0.3 is 0 Å². The number of Topliss-reactive ketones (excluding diaryl/α,β-unsaturated/α-hetero) is 1. The number of ether oxygens (including phenoxy) is 1. The molecule has 2 fully saturated rings. The van der Waals surface area contributed by atoms with Crippen LogP contribution in [0.5, 0.6) is 5.75 Å². The van der Waals surface area contributed by atoms with Crippen molar-refractivity contribution in [3.05, 3.63) is 63.7 Å². The zero-order valence-corrected chi connectivity index (χ0v) is 28.1. The predicted molar refractivity (Wildman–Crippen MR) is 179 cm³/mol. The van der Waals surface area contributed by atoms with E-state index in [0.29, 0.717) is 19.1 Å². The number of likely N-dealkylation sites (tertiary alicyclic amines) is 2. The first-order valence-electron chi connectivity index (χ1n) is 16.7. The van der Waals surface area contributed by atoms with Crippen LogP contribution in [0.2, 0.25) is 0 Å². The smallest absolute Gasteiger partial charge is 0.222 e. The molecule has 5 rings (SSSR count). The molecule has 0 saturated carbocycles. The van der Waals surface area contributed by atoms with E-state index in [1.54, 1.807) is 7.05 Å². The standard InChI is InChI=1S/C33H43N3O3.2C2H6/c1-22-18-23(2)30(20-29(22)31(34-3)21-36-15-5-6-32(36)37)33(38)25-8-7-24-11-12-28(19-26(24)10-9-25)39-27-13-16-35(4)17-14-27;2*1-2/h11-12,18-20,25,27H,5-10,13-17,21H2,1-4H3;2*1-2H3. The molecule has 0 N–H and O–H groups in total. The lowest BCUT2D eigenvalue weighted by molar-refractivity contribution is -0.127. The van der Waals surface area contributed by atoms with Gasteiger partial charge in [0.2, 0.25) is 5.91 Å². The molecule has 6 heteroatoms. The monoisotopic (exact) mass is 589 g/mol. The minimum Gasteiger partial charge on any atom is -0.490 e. The molecule has 0 radical (unpaired) electrons. The number of aryl methyl sites for hydroxylation is 4. The van der Waals surface area contributed by atoms with Gasteiger partial charge in [0.25, 0.3) is 0 Å². The van der Waals surface area contributed by atoms with Crippen molar-refractivity contribution >= 4 is 17.4 Å². The van der Waals surface area contributed by atoms with Gasteiger partial charge in [0.15, 0.2) is 5.78 Å². The fourth-order valence-electron chi connectivity index (χ4n) is 6.49. The fraction of sp³-hybridized carbons (Fsp3) is 0.595.